The molecule has 0 spiro atoms. The molecule has 6 nitrogen and oxygen atoms in total. The summed E-state index contributed by atoms with van der Waals surface area (Å²) >= 11 is 0. The molecule has 0 aliphatic heterocycles. The average Bonchev–Trinajstić information content (AvgIpc) is 2.62. The summed E-state index contributed by atoms with van der Waals surface area (Å²) in [6.45, 7) is 1.76. The van der Waals surface area contributed by atoms with Gasteiger partial charge in [0.2, 0.25) is 0 Å². The predicted molar refractivity (Wildman–Crippen MR) is 92.0 cm³/mol. The van der Waals surface area contributed by atoms with Crippen LogP contribution in [0, 0.1) is 18.3 Å². The van der Waals surface area contributed by atoms with Crippen LogP contribution in [-0.2, 0) is 14.3 Å². The number of aryl methyl sites for hydroxylation is 1. The molecule has 25 heavy (non-hydrogen) atoms. The first kappa shape index (κ1) is 18.0. The van der Waals surface area contributed by atoms with Gasteiger partial charge in [0.05, 0.1) is 24.7 Å². The van der Waals surface area contributed by atoms with Crippen LogP contribution in [0.4, 0.5) is 5.69 Å². The van der Waals surface area contributed by atoms with Crippen LogP contribution < -0.4 is 10.1 Å². The molecule has 0 bridgehead atoms. The molecule has 1 N–H and O–H groups in total. The van der Waals surface area contributed by atoms with E-state index in [0.29, 0.717) is 17.0 Å². The zero-order valence-corrected chi connectivity index (χ0v) is 13.8. The number of nitrogens with one attached hydrogen (secondary N) is 1. The largest absolute Gasteiger partial charge is 0.493 e. The van der Waals surface area contributed by atoms with Crippen LogP contribution in [-0.4, -0.2) is 25.1 Å². The summed E-state index contributed by atoms with van der Waals surface area (Å²) in [5, 5.41) is 11.4. The SMILES string of the molecule is Cc1ccc(OCCC(=O)OCC(=O)Nc2cccc(C#N)c2)cc1. The molecule has 0 saturated carbocycles. The molecule has 0 aliphatic rings. The predicted octanol–water partition coefficient (Wildman–Crippen LogP) is 2.82. The van der Waals surface area contributed by atoms with Gasteiger partial charge in [0.15, 0.2) is 6.61 Å². The van der Waals surface area contributed by atoms with E-state index in [1.54, 1.807) is 18.2 Å². The lowest BCUT2D eigenvalue weighted by Gasteiger charge is -2.08. The minimum Gasteiger partial charge on any atom is -0.493 e. The Morgan fingerprint density at radius 1 is 1.16 bits per heavy atom. The molecule has 0 heterocycles. The van der Waals surface area contributed by atoms with Gasteiger partial charge in [-0.2, -0.15) is 5.26 Å². The maximum atomic E-state index is 11.7. The Morgan fingerprint density at radius 3 is 2.64 bits per heavy atom. The van der Waals surface area contributed by atoms with Crippen LogP contribution in [0.2, 0.25) is 0 Å². The maximum absolute atomic E-state index is 11.7. The van der Waals surface area contributed by atoms with Crippen molar-refractivity contribution in [3.8, 4) is 11.8 Å². The molecule has 0 aliphatic carbocycles. The van der Waals surface area contributed by atoms with Crippen molar-refractivity contribution in [2.75, 3.05) is 18.5 Å². The number of ether oxygens (including phenoxy) is 2. The van der Waals surface area contributed by atoms with Crippen molar-refractivity contribution in [2.45, 2.75) is 13.3 Å². The van der Waals surface area contributed by atoms with E-state index in [0.717, 1.165) is 5.56 Å². The van der Waals surface area contributed by atoms with Crippen molar-refractivity contribution in [3.05, 3.63) is 59.7 Å². The van der Waals surface area contributed by atoms with Crippen molar-refractivity contribution in [1.29, 1.82) is 5.26 Å². The third-order valence-electron chi connectivity index (χ3n) is 3.24. The number of esters is 1. The molecule has 0 aromatic heterocycles. The van der Waals surface area contributed by atoms with Crippen LogP contribution in [0.5, 0.6) is 5.75 Å². The summed E-state index contributed by atoms with van der Waals surface area (Å²) in [6.07, 6.45) is 0.0467. The van der Waals surface area contributed by atoms with E-state index in [2.05, 4.69) is 5.32 Å². The van der Waals surface area contributed by atoms with Gasteiger partial charge in [0, 0.05) is 5.69 Å². The first-order valence-electron chi connectivity index (χ1n) is 7.72. The first-order valence-corrected chi connectivity index (χ1v) is 7.72. The molecule has 0 radical (unpaired) electrons. The lowest BCUT2D eigenvalue weighted by atomic mass is 10.2. The zero-order valence-electron chi connectivity index (χ0n) is 13.8. The van der Waals surface area contributed by atoms with E-state index in [1.807, 2.05) is 37.3 Å². The molecule has 1 amide bonds. The lowest BCUT2D eigenvalue weighted by molar-refractivity contribution is -0.147. The number of anilines is 1. The summed E-state index contributed by atoms with van der Waals surface area (Å²) < 4.78 is 10.3. The van der Waals surface area contributed by atoms with Gasteiger partial charge in [0.25, 0.3) is 5.91 Å². The van der Waals surface area contributed by atoms with Crippen LogP contribution in [0.1, 0.15) is 17.5 Å². The minimum atomic E-state index is -0.520. The Bertz CT molecular complexity index is 779. The number of carbonyl (C=O) groups is 2. The number of nitriles is 1. The fourth-order valence-corrected chi connectivity index (χ4v) is 1.97. The summed E-state index contributed by atoms with van der Waals surface area (Å²) in [4.78, 5) is 23.4. The molecule has 128 valence electrons. The zero-order chi connectivity index (χ0) is 18.1. The number of rotatable bonds is 7. The molecule has 0 fully saturated rings. The molecular weight excluding hydrogens is 320 g/mol. The van der Waals surface area contributed by atoms with Gasteiger partial charge in [0.1, 0.15) is 5.75 Å². The van der Waals surface area contributed by atoms with Crippen LogP contribution in [0.3, 0.4) is 0 Å². The van der Waals surface area contributed by atoms with Gasteiger partial charge >= 0.3 is 5.97 Å². The van der Waals surface area contributed by atoms with Crippen molar-refractivity contribution in [1.82, 2.24) is 0 Å². The number of nitrogens with zero attached hydrogens (tertiary/aromatic N) is 1. The van der Waals surface area contributed by atoms with Crippen LogP contribution >= 0.6 is 0 Å². The first-order chi connectivity index (χ1) is 12.1. The number of carbonyl (C=O) groups excluding carboxylic acids is 2. The highest BCUT2D eigenvalue weighted by Gasteiger charge is 2.08. The summed E-state index contributed by atoms with van der Waals surface area (Å²) in [5.41, 5.74) is 2.03. The Hall–Kier alpha value is -3.33. The van der Waals surface area contributed by atoms with E-state index in [-0.39, 0.29) is 19.6 Å². The van der Waals surface area contributed by atoms with E-state index in [1.165, 1.54) is 6.07 Å². The van der Waals surface area contributed by atoms with Crippen molar-refractivity contribution < 1.29 is 19.1 Å². The molecule has 0 atom stereocenters. The molecule has 0 saturated heterocycles. The Balaban J connectivity index is 1.67. The van der Waals surface area contributed by atoms with Gasteiger partial charge in [-0.25, -0.2) is 0 Å². The van der Waals surface area contributed by atoms with Gasteiger partial charge in [-0.3, -0.25) is 9.59 Å². The fraction of sp³-hybridized carbons (Fsp3) is 0.211. The maximum Gasteiger partial charge on any atom is 0.309 e. The Morgan fingerprint density at radius 2 is 1.92 bits per heavy atom. The van der Waals surface area contributed by atoms with Crippen LogP contribution in [0.25, 0.3) is 0 Å². The third-order valence-corrected chi connectivity index (χ3v) is 3.24. The number of amides is 1. The smallest absolute Gasteiger partial charge is 0.309 e. The highest BCUT2D eigenvalue weighted by Crippen LogP contribution is 2.12. The normalized spacial score (nSPS) is 9.76. The van der Waals surface area contributed by atoms with E-state index < -0.39 is 11.9 Å². The fourth-order valence-electron chi connectivity index (χ4n) is 1.97. The van der Waals surface area contributed by atoms with Gasteiger partial charge in [-0.1, -0.05) is 23.8 Å². The van der Waals surface area contributed by atoms with Crippen LogP contribution in [0.15, 0.2) is 48.5 Å². The standard InChI is InChI=1S/C19H18N2O4/c1-14-5-7-17(8-6-14)24-10-9-19(23)25-13-18(22)21-16-4-2-3-15(11-16)12-20/h2-8,11H,9-10,13H2,1H3,(H,21,22). The number of hydrogen-bond acceptors (Lipinski definition) is 5. The summed E-state index contributed by atoms with van der Waals surface area (Å²) in [5.74, 6) is -0.315. The van der Waals surface area contributed by atoms with E-state index >= 15 is 0 Å². The molecular formula is C19H18N2O4. The molecule has 2 aromatic rings. The highest BCUT2D eigenvalue weighted by atomic mass is 16.5. The quantitative estimate of drug-likeness (QED) is 0.784. The Kier molecular flexibility index (Phi) is 6.55. The molecule has 2 aromatic carbocycles. The average molecular weight is 338 g/mol. The molecule has 6 heteroatoms. The van der Waals surface area contributed by atoms with E-state index in [9.17, 15) is 9.59 Å². The van der Waals surface area contributed by atoms with Crippen molar-refractivity contribution >= 4 is 17.6 Å². The number of benzene rings is 2. The van der Waals surface area contributed by atoms with Crippen molar-refractivity contribution in [2.24, 2.45) is 0 Å². The lowest BCUT2D eigenvalue weighted by Crippen LogP contribution is -2.21. The second-order valence-electron chi connectivity index (χ2n) is 5.31. The highest BCUT2D eigenvalue weighted by molar-refractivity contribution is 5.92. The summed E-state index contributed by atoms with van der Waals surface area (Å²) in [6, 6.07) is 15.9. The van der Waals surface area contributed by atoms with Gasteiger partial charge in [-0.05, 0) is 37.3 Å². The monoisotopic (exact) mass is 338 g/mol. The minimum absolute atomic E-state index is 0.0467. The van der Waals surface area contributed by atoms with Gasteiger partial charge < -0.3 is 14.8 Å². The summed E-state index contributed by atoms with van der Waals surface area (Å²) in [7, 11) is 0. The second-order valence-corrected chi connectivity index (χ2v) is 5.31. The topological polar surface area (TPSA) is 88.4 Å². The molecule has 2 rings (SSSR count). The molecule has 0 unspecified atom stereocenters. The van der Waals surface area contributed by atoms with Gasteiger partial charge in [-0.15, -0.1) is 0 Å². The second kappa shape index (κ2) is 9.08. The number of hydrogen-bond donors (Lipinski definition) is 1. The Labute approximate surface area is 146 Å². The van der Waals surface area contributed by atoms with E-state index in [4.69, 9.17) is 14.7 Å². The van der Waals surface area contributed by atoms with Crippen molar-refractivity contribution in [3.63, 3.8) is 0 Å². The third kappa shape index (κ3) is 6.36.